The first kappa shape index (κ1) is 55.2. The van der Waals surface area contributed by atoms with Crippen LogP contribution < -0.4 is 65.5 Å². The molecular formula is C39H66N16O11. The number of carbonyl (C=O) groups is 10. The van der Waals surface area contributed by atoms with E-state index in [1.54, 1.807) is 13.8 Å². The molecule has 66 heavy (non-hydrogen) atoms. The molecule has 1 saturated heterocycles. The number of aromatic amines is 1. The van der Waals surface area contributed by atoms with Gasteiger partial charge >= 0.3 is 5.97 Å². The maximum atomic E-state index is 13.8. The predicted octanol–water partition coefficient (Wildman–Crippen LogP) is -6.38. The molecule has 27 nitrogen and oxygen atoms in total. The van der Waals surface area contributed by atoms with Crippen molar-refractivity contribution in [3.05, 3.63) is 18.2 Å². The Balaban J connectivity index is 2.03. The summed E-state index contributed by atoms with van der Waals surface area (Å²) in [6.45, 7) is 3.41. The van der Waals surface area contributed by atoms with Gasteiger partial charge in [0.15, 0.2) is 5.96 Å². The van der Waals surface area contributed by atoms with Crippen molar-refractivity contribution in [3.8, 4) is 0 Å². The minimum absolute atomic E-state index is 0.00498. The number of carboxylic acid groups (broad SMARTS) is 1. The lowest BCUT2D eigenvalue weighted by molar-refractivity contribution is -0.142. The molecule has 9 amide bonds. The van der Waals surface area contributed by atoms with Crippen molar-refractivity contribution >= 4 is 65.1 Å². The maximum absolute atomic E-state index is 13.8. The molecule has 0 aliphatic carbocycles. The summed E-state index contributed by atoms with van der Waals surface area (Å²) in [7, 11) is 0. The predicted molar refractivity (Wildman–Crippen MR) is 236 cm³/mol. The first-order valence-corrected chi connectivity index (χ1v) is 21.5. The zero-order valence-corrected chi connectivity index (χ0v) is 37.5. The molecule has 6 atom stereocenters. The van der Waals surface area contributed by atoms with E-state index in [1.165, 1.54) is 24.3 Å². The summed E-state index contributed by atoms with van der Waals surface area (Å²) >= 11 is 0. The highest BCUT2D eigenvalue weighted by Gasteiger charge is 2.35. The number of nitrogens with one attached hydrogen (secondary N) is 9. The van der Waals surface area contributed by atoms with Crippen LogP contribution in [0, 0.1) is 5.92 Å². The SMILES string of the molecule is CC(NC(=O)C(CCCCN)NC(=O)C(Cc1cnc[nH]1)NC(=O)CNC(=O)C1CCCN1C(=O)CNC(=O)CNC(=O)C(NC(=O)CN)C(C)C)C(=O)NC(CCCN=C(N)N)C(=O)O. The molecular weight excluding hydrogens is 869 g/mol. The second kappa shape index (κ2) is 28.8. The van der Waals surface area contributed by atoms with Crippen molar-refractivity contribution in [2.24, 2.45) is 33.8 Å². The second-order valence-electron chi connectivity index (χ2n) is 15.8. The smallest absolute Gasteiger partial charge is 0.326 e. The summed E-state index contributed by atoms with van der Waals surface area (Å²) < 4.78 is 0. The van der Waals surface area contributed by atoms with Gasteiger partial charge in [0.25, 0.3) is 0 Å². The highest BCUT2D eigenvalue weighted by atomic mass is 16.4. The fraction of sp³-hybridized carbons (Fsp3) is 0.641. The van der Waals surface area contributed by atoms with Crippen LogP contribution in [0.5, 0.6) is 0 Å². The van der Waals surface area contributed by atoms with Crippen LogP contribution in [0.1, 0.15) is 71.4 Å². The summed E-state index contributed by atoms with van der Waals surface area (Å²) in [5.41, 5.74) is 22.0. The van der Waals surface area contributed by atoms with Crippen molar-refractivity contribution in [2.45, 2.75) is 108 Å². The molecule has 0 spiro atoms. The van der Waals surface area contributed by atoms with E-state index in [0.29, 0.717) is 25.0 Å². The van der Waals surface area contributed by atoms with Gasteiger partial charge in [0.1, 0.15) is 36.3 Å². The van der Waals surface area contributed by atoms with Gasteiger partial charge < -0.3 is 80.5 Å². The minimum Gasteiger partial charge on any atom is -0.480 e. The zero-order chi connectivity index (χ0) is 49.3. The van der Waals surface area contributed by atoms with Gasteiger partial charge in [-0.3, -0.25) is 48.1 Å². The molecule has 0 bridgehead atoms. The van der Waals surface area contributed by atoms with Gasteiger partial charge in [0.05, 0.1) is 32.5 Å². The van der Waals surface area contributed by atoms with Crippen molar-refractivity contribution in [1.82, 2.24) is 57.4 Å². The molecule has 27 heteroatoms. The molecule has 2 rings (SSSR count). The van der Waals surface area contributed by atoms with Crippen LogP contribution in [0.15, 0.2) is 17.5 Å². The summed E-state index contributed by atoms with van der Waals surface area (Å²) in [6.07, 6.45) is 4.55. The molecule has 1 aromatic rings. The molecule has 0 aromatic carbocycles. The number of aliphatic carboxylic acids is 1. The molecule has 18 N–H and O–H groups in total. The van der Waals surface area contributed by atoms with Gasteiger partial charge in [-0.05, 0) is 64.3 Å². The molecule has 0 saturated carbocycles. The Kier molecular flexibility index (Phi) is 24.1. The number of carbonyl (C=O) groups excluding carboxylic acids is 9. The Morgan fingerprint density at radius 1 is 0.773 bits per heavy atom. The Bertz CT molecular complexity index is 1860. The Labute approximate surface area is 381 Å². The number of guanidine groups is 1. The average Bonchev–Trinajstić information content (AvgIpc) is 3.99. The number of nitrogens with two attached hydrogens (primary N) is 4. The van der Waals surface area contributed by atoms with E-state index in [0.717, 1.165) is 0 Å². The number of imidazole rings is 1. The fourth-order valence-electron chi connectivity index (χ4n) is 6.55. The number of H-pyrrole nitrogens is 1. The lowest BCUT2D eigenvalue weighted by atomic mass is 10.0. The maximum Gasteiger partial charge on any atom is 0.326 e. The van der Waals surface area contributed by atoms with Crippen molar-refractivity contribution in [3.63, 3.8) is 0 Å². The van der Waals surface area contributed by atoms with Crippen LogP contribution in [0.25, 0.3) is 0 Å². The zero-order valence-electron chi connectivity index (χ0n) is 37.5. The van der Waals surface area contributed by atoms with Crippen LogP contribution >= 0.6 is 0 Å². The Morgan fingerprint density at radius 3 is 2.06 bits per heavy atom. The summed E-state index contributed by atoms with van der Waals surface area (Å²) in [6, 6.07) is -6.99. The molecule has 1 fully saturated rings. The van der Waals surface area contributed by atoms with Crippen LogP contribution in [0.3, 0.4) is 0 Å². The molecule has 2 heterocycles. The van der Waals surface area contributed by atoms with E-state index in [9.17, 15) is 53.1 Å². The fourth-order valence-corrected chi connectivity index (χ4v) is 6.55. The lowest BCUT2D eigenvalue weighted by Crippen LogP contribution is -2.58. The van der Waals surface area contributed by atoms with E-state index in [1.807, 2.05) is 0 Å². The Morgan fingerprint density at radius 2 is 1.44 bits per heavy atom. The van der Waals surface area contributed by atoms with Gasteiger partial charge in [-0.1, -0.05) is 13.8 Å². The Hall–Kier alpha value is -6.90. The summed E-state index contributed by atoms with van der Waals surface area (Å²) in [5.74, 6) is -8.09. The van der Waals surface area contributed by atoms with Gasteiger partial charge in [-0.15, -0.1) is 0 Å². The number of amides is 9. The van der Waals surface area contributed by atoms with Gasteiger partial charge in [0, 0.05) is 31.4 Å². The first-order valence-electron chi connectivity index (χ1n) is 21.5. The summed E-state index contributed by atoms with van der Waals surface area (Å²) in [4.78, 5) is 140. The van der Waals surface area contributed by atoms with Crippen molar-refractivity contribution in [2.75, 3.05) is 45.8 Å². The molecule has 0 radical (unpaired) electrons. The average molecular weight is 935 g/mol. The number of unbranched alkanes of at least 4 members (excludes halogenated alkanes) is 1. The second-order valence-corrected chi connectivity index (χ2v) is 15.8. The van der Waals surface area contributed by atoms with Crippen LogP contribution in [-0.2, 0) is 54.4 Å². The number of rotatable bonds is 29. The van der Waals surface area contributed by atoms with Crippen LogP contribution in [0.2, 0.25) is 0 Å². The summed E-state index contributed by atoms with van der Waals surface area (Å²) in [5, 5.41) is 29.4. The quantitative estimate of drug-likeness (QED) is 0.0202. The van der Waals surface area contributed by atoms with Gasteiger partial charge in [0.2, 0.25) is 53.2 Å². The monoisotopic (exact) mass is 935 g/mol. The third-order valence-electron chi connectivity index (χ3n) is 10.1. The van der Waals surface area contributed by atoms with E-state index in [2.05, 4.69) is 57.5 Å². The van der Waals surface area contributed by atoms with Crippen LogP contribution in [0.4, 0.5) is 0 Å². The largest absolute Gasteiger partial charge is 0.480 e. The molecule has 6 unspecified atom stereocenters. The topological polar surface area (TPSA) is 436 Å². The number of hydrogen-bond acceptors (Lipinski definition) is 14. The number of carboxylic acids is 1. The molecule has 368 valence electrons. The van der Waals surface area contributed by atoms with Crippen LogP contribution in [-0.4, -0.2) is 167 Å². The highest BCUT2D eigenvalue weighted by Crippen LogP contribution is 2.17. The minimum atomic E-state index is -1.31. The lowest BCUT2D eigenvalue weighted by Gasteiger charge is -2.25. The third kappa shape index (κ3) is 19.9. The van der Waals surface area contributed by atoms with Gasteiger partial charge in [-0.2, -0.15) is 0 Å². The van der Waals surface area contributed by atoms with Crippen molar-refractivity contribution < 1.29 is 53.1 Å². The van der Waals surface area contributed by atoms with Gasteiger partial charge in [-0.25, -0.2) is 9.78 Å². The van der Waals surface area contributed by atoms with E-state index < -0.39 is 115 Å². The normalized spacial score (nSPS) is 15.4. The number of aromatic nitrogens is 2. The van der Waals surface area contributed by atoms with E-state index in [-0.39, 0.29) is 70.2 Å². The third-order valence-corrected chi connectivity index (χ3v) is 10.1. The molecule has 1 aliphatic rings. The number of aliphatic imine (C=N–C) groups is 1. The van der Waals surface area contributed by atoms with E-state index in [4.69, 9.17) is 22.9 Å². The number of likely N-dealkylation sites (tertiary alicyclic amines) is 1. The number of hydrogen-bond donors (Lipinski definition) is 14. The molecule has 1 aliphatic heterocycles. The van der Waals surface area contributed by atoms with Crippen molar-refractivity contribution in [1.29, 1.82) is 0 Å². The van der Waals surface area contributed by atoms with E-state index >= 15 is 0 Å². The highest BCUT2D eigenvalue weighted by molar-refractivity contribution is 5.97. The standard InChI is InChI=1S/C39H66N16O11/c1-21(2)32(54-28(56)15-41)37(64)48-17-29(57)46-19-31(59)55-13-7-10-27(55)36(63)47-18-30(58)51-26(14-23-16-44-20-49-23)35(62)52-24(8-4-5-11-40)34(61)50-22(3)33(60)53-25(38(65)66)9-6-12-45-39(42)43/h16,20-22,24-27,32H,4-15,17-19,40-41H2,1-3H3,(H,44,49)(H,46,57)(H,47,63)(H,48,64)(H,50,61)(H,51,58)(H,52,62)(H,53,60)(H,54,56)(H,65,66)(H4,42,43,45). The number of nitrogens with zero attached hydrogens (tertiary/aromatic N) is 3. The molecule has 1 aromatic heterocycles. The first-order chi connectivity index (χ1) is 31.3.